The van der Waals surface area contributed by atoms with Crippen LogP contribution in [0.15, 0.2) is 48.9 Å². The Kier molecular flexibility index (Phi) is 5.61. The number of likely N-dealkylation sites (tertiary alicyclic amines) is 1. The second kappa shape index (κ2) is 8.28. The van der Waals surface area contributed by atoms with E-state index < -0.39 is 0 Å². The molecule has 0 aliphatic carbocycles. The van der Waals surface area contributed by atoms with E-state index in [1.807, 2.05) is 35.2 Å². The molecule has 6 heteroatoms. The van der Waals surface area contributed by atoms with E-state index in [1.54, 1.807) is 31.8 Å². The summed E-state index contributed by atoms with van der Waals surface area (Å²) in [4.78, 5) is 22.3. The summed E-state index contributed by atoms with van der Waals surface area (Å²) in [6.45, 7) is 1.30. The molecule has 1 aliphatic heterocycles. The molecule has 0 radical (unpaired) electrons. The molecule has 2 heterocycles. The molecule has 130 valence electrons. The molecule has 1 saturated heterocycles. The van der Waals surface area contributed by atoms with Gasteiger partial charge in [0.25, 0.3) is 0 Å². The smallest absolute Gasteiger partial charge is 0.246 e. The van der Waals surface area contributed by atoms with Crippen LogP contribution in [0.4, 0.5) is 0 Å². The van der Waals surface area contributed by atoms with Gasteiger partial charge in [0.15, 0.2) is 0 Å². The molecule has 1 amide bonds. The summed E-state index contributed by atoms with van der Waals surface area (Å²) < 4.78 is 10.9. The summed E-state index contributed by atoms with van der Waals surface area (Å²) in [6.07, 6.45) is 9.97. The largest absolute Gasteiger partial charge is 0.497 e. The summed E-state index contributed by atoms with van der Waals surface area (Å²) in [5, 5.41) is 0. The zero-order valence-electron chi connectivity index (χ0n) is 14.2. The van der Waals surface area contributed by atoms with Crippen molar-refractivity contribution in [3.63, 3.8) is 0 Å². The monoisotopic (exact) mass is 339 g/mol. The number of hydrogen-bond acceptors (Lipinski definition) is 5. The third-order valence-corrected chi connectivity index (χ3v) is 4.05. The number of amides is 1. The summed E-state index contributed by atoms with van der Waals surface area (Å²) in [5.41, 5.74) is 0.957. The van der Waals surface area contributed by atoms with Crippen molar-refractivity contribution in [2.24, 2.45) is 0 Å². The van der Waals surface area contributed by atoms with E-state index in [0.717, 1.165) is 30.7 Å². The lowest BCUT2D eigenvalue weighted by Crippen LogP contribution is -2.43. The van der Waals surface area contributed by atoms with Gasteiger partial charge in [0.2, 0.25) is 11.8 Å². The van der Waals surface area contributed by atoms with Crippen LogP contribution in [-0.2, 0) is 4.79 Å². The maximum Gasteiger partial charge on any atom is 0.246 e. The molecule has 2 aromatic rings. The number of nitrogens with zero attached hydrogens (tertiary/aromatic N) is 3. The minimum Gasteiger partial charge on any atom is -0.497 e. The predicted octanol–water partition coefficient (Wildman–Crippen LogP) is 2.57. The minimum absolute atomic E-state index is 0.0109. The van der Waals surface area contributed by atoms with Gasteiger partial charge in [-0.3, -0.25) is 9.78 Å². The Labute approximate surface area is 147 Å². The third kappa shape index (κ3) is 4.79. The first-order chi connectivity index (χ1) is 12.2. The van der Waals surface area contributed by atoms with Gasteiger partial charge >= 0.3 is 0 Å². The fourth-order valence-corrected chi connectivity index (χ4v) is 2.74. The number of aromatic nitrogens is 2. The molecular formula is C19H21N3O3. The van der Waals surface area contributed by atoms with Crippen molar-refractivity contribution in [2.75, 3.05) is 20.2 Å². The van der Waals surface area contributed by atoms with Gasteiger partial charge in [-0.25, -0.2) is 4.98 Å². The Morgan fingerprint density at radius 1 is 1.28 bits per heavy atom. The van der Waals surface area contributed by atoms with Gasteiger partial charge in [-0.15, -0.1) is 0 Å². The first-order valence-corrected chi connectivity index (χ1v) is 8.28. The maximum absolute atomic E-state index is 12.4. The molecule has 6 nitrogen and oxygen atoms in total. The topological polar surface area (TPSA) is 64.5 Å². The van der Waals surface area contributed by atoms with E-state index in [-0.39, 0.29) is 12.0 Å². The van der Waals surface area contributed by atoms with Gasteiger partial charge in [0.1, 0.15) is 11.9 Å². The van der Waals surface area contributed by atoms with E-state index in [0.29, 0.717) is 12.4 Å². The SMILES string of the molecule is COc1ccc(/C=C/C(=O)N2CCCC(Oc3cnccn3)C2)cc1. The highest BCUT2D eigenvalue weighted by atomic mass is 16.5. The minimum atomic E-state index is -0.0520. The van der Waals surface area contributed by atoms with Crippen molar-refractivity contribution < 1.29 is 14.3 Å². The van der Waals surface area contributed by atoms with Crippen molar-refractivity contribution in [1.29, 1.82) is 0 Å². The van der Waals surface area contributed by atoms with Gasteiger partial charge in [0.05, 0.1) is 19.9 Å². The van der Waals surface area contributed by atoms with Crippen molar-refractivity contribution in [3.05, 3.63) is 54.5 Å². The molecule has 1 aromatic carbocycles. The highest BCUT2D eigenvalue weighted by molar-refractivity contribution is 5.91. The van der Waals surface area contributed by atoms with Crippen LogP contribution >= 0.6 is 0 Å². The normalized spacial score (nSPS) is 17.5. The molecule has 0 saturated carbocycles. The Balaban J connectivity index is 1.56. The Hall–Kier alpha value is -2.89. The lowest BCUT2D eigenvalue weighted by atomic mass is 10.1. The predicted molar refractivity (Wildman–Crippen MR) is 94.3 cm³/mol. The third-order valence-electron chi connectivity index (χ3n) is 4.05. The van der Waals surface area contributed by atoms with E-state index in [2.05, 4.69) is 9.97 Å². The second-order valence-electron chi connectivity index (χ2n) is 5.82. The lowest BCUT2D eigenvalue weighted by molar-refractivity contribution is -0.128. The van der Waals surface area contributed by atoms with Crippen LogP contribution < -0.4 is 9.47 Å². The highest BCUT2D eigenvalue weighted by Gasteiger charge is 2.24. The highest BCUT2D eigenvalue weighted by Crippen LogP contribution is 2.17. The average Bonchev–Trinajstić information content (AvgIpc) is 2.67. The summed E-state index contributed by atoms with van der Waals surface area (Å²) in [6, 6.07) is 7.57. The van der Waals surface area contributed by atoms with Crippen LogP contribution in [-0.4, -0.2) is 47.1 Å². The number of ether oxygens (including phenoxy) is 2. The molecule has 25 heavy (non-hydrogen) atoms. The van der Waals surface area contributed by atoms with Gasteiger partial charge < -0.3 is 14.4 Å². The van der Waals surface area contributed by atoms with Crippen LogP contribution in [0.3, 0.4) is 0 Å². The van der Waals surface area contributed by atoms with Crippen molar-refractivity contribution in [1.82, 2.24) is 14.9 Å². The molecule has 1 fully saturated rings. The lowest BCUT2D eigenvalue weighted by Gasteiger charge is -2.31. The first-order valence-electron chi connectivity index (χ1n) is 8.28. The number of carbonyl (C=O) groups excluding carboxylic acids is 1. The number of benzene rings is 1. The Morgan fingerprint density at radius 3 is 2.84 bits per heavy atom. The first kappa shape index (κ1) is 17.0. The number of carbonyl (C=O) groups is 1. The molecule has 1 aliphatic rings. The zero-order valence-corrected chi connectivity index (χ0v) is 14.2. The fourth-order valence-electron chi connectivity index (χ4n) is 2.74. The van der Waals surface area contributed by atoms with Crippen molar-refractivity contribution in [3.8, 4) is 11.6 Å². The number of piperidine rings is 1. The molecule has 3 rings (SSSR count). The van der Waals surface area contributed by atoms with Crippen molar-refractivity contribution >= 4 is 12.0 Å². The quantitative estimate of drug-likeness (QED) is 0.784. The van der Waals surface area contributed by atoms with Crippen molar-refractivity contribution in [2.45, 2.75) is 18.9 Å². The van der Waals surface area contributed by atoms with Crippen LogP contribution in [0.25, 0.3) is 6.08 Å². The summed E-state index contributed by atoms with van der Waals surface area (Å²) in [5.74, 6) is 1.28. The van der Waals surface area contributed by atoms with Crippen LogP contribution in [0.2, 0.25) is 0 Å². The number of methoxy groups -OCH3 is 1. The number of hydrogen-bond donors (Lipinski definition) is 0. The molecule has 1 atom stereocenters. The van der Waals surface area contributed by atoms with E-state index >= 15 is 0 Å². The average molecular weight is 339 g/mol. The summed E-state index contributed by atoms with van der Waals surface area (Å²) >= 11 is 0. The van der Waals surface area contributed by atoms with E-state index in [4.69, 9.17) is 9.47 Å². The molecule has 1 unspecified atom stereocenters. The molecular weight excluding hydrogens is 318 g/mol. The van der Waals surface area contributed by atoms with Crippen LogP contribution in [0.1, 0.15) is 18.4 Å². The van der Waals surface area contributed by atoms with Crippen LogP contribution in [0, 0.1) is 0 Å². The molecule has 0 N–H and O–H groups in total. The van der Waals surface area contributed by atoms with Gasteiger partial charge in [-0.1, -0.05) is 12.1 Å². The Bertz CT molecular complexity index is 716. The second-order valence-corrected chi connectivity index (χ2v) is 5.82. The van der Waals surface area contributed by atoms with Gasteiger partial charge in [-0.05, 0) is 36.6 Å². The molecule has 0 spiro atoms. The zero-order chi connectivity index (χ0) is 17.5. The number of rotatable bonds is 5. The van der Waals surface area contributed by atoms with Gasteiger partial charge in [-0.2, -0.15) is 0 Å². The maximum atomic E-state index is 12.4. The fraction of sp³-hybridized carbons (Fsp3) is 0.316. The molecule has 1 aromatic heterocycles. The van der Waals surface area contributed by atoms with Crippen LogP contribution in [0.5, 0.6) is 11.6 Å². The summed E-state index contributed by atoms with van der Waals surface area (Å²) in [7, 11) is 1.63. The van der Waals surface area contributed by atoms with E-state index in [1.165, 1.54) is 0 Å². The standard InChI is InChI=1S/C19H21N3O3/c1-24-16-7-4-15(5-8-16)6-9-19(23)22-12-2-3-17(14-22)25-18-13-20-10-11-21-18/h4-11,13,17H,2-3,12,14H2,1H3/b9-6+. The van der Waals surface area contributed by atoms with Gasteiger partial charge in [0, 0.05) is 25.0 Å². The Morgan fingerprint density at radius 2 is 2.12 bits per heavy atom. The molecule has 0 bridgehead atoms. The van der Waals surface area contributed by atoms with E-state index in [9.17, 15) is 4.79 Å².